The quantitative estimate of drug-likeness (QED) is 0.874. The highest BCUT2D eigenvalue weighted by Gasteiger charge is 2.43. The Bertz CT molecular complexity index is 533. The van der Waals surface area contributed by atoms with Crippen LogP contribution in [-0.2, 0) is 15.1 Å². The van der Waals surface area contributed by atoms with Crippen molar-refractivity contribution in [2.75, 3.05) is 0 Å². The predicted molar refractivity (Wildman–Crippen MR) is 67.9 cm³/mol. The van der Waals surface area contributed by atoms with Crippen molar-refractivity contribution in [3.05, 3.63) is 34.3 Å². The highest BCUT2D eigenvalue weighted by Crippen LogP contribution is 2.29. The molecule has 1 rings (SSSR count). The maximum atomic E-state index is 12.3. The van der Waals surface area contributed by atoms with Crippen LogP contribution in [0.4, 0.5) is 13.2 Å². The number of hydrogen-bond acceptors (Lipinski definition) is 2. The monoisotopic (exact) mass is 353 g/mol. The van der Waals surface area contributed by atoms with Crippen LogP contribution in [0.2, 0.25) is 0 Å². The lowest BCUT2D eigenvalue weighted by Crippen LogP contribution is -2.50. The fraction of sp³-hybridized carbons (Fsp3) is 0.333. The molecule has 0 saturated heterocycles. The SMILES string of the molecule is CC(CC(=O)O)(NC(=O)C(F)(F)F)c1cccc(Br)c1. The Morgan fingerprint density at radius 2 is 1.95 bits per heavy atom. The summed E-state index contributed by atoms with van der Waals surface area (Å²) in [7, 11) is 0. The van der Waals surface area contributed by atoms with E-state index in [1.807, 2.05) is 0 Å². The second-order valence-electron chi connectivity index (χ2n) is 4.36. The third-order valence-electron chi connectivity index (χ3n) is 2.61. The molecule has 1 unspecified atom stereocenters. The average Bonchev–Trinajstić information content (AvgIpc) is 2.26. The molecule has 0 saturated carbocycles. The number of hydrogen-bond donors (Lipinski definition) is 2. The van der Waals surface area contributed by atoms with E-state index in [0.29, 0.717) is 4.47 Å². The number of carbonyl (C=O) groups is 2. The van der Waals surface area contributed by atoms with Gasteiger partial charge in [0.15, 0.2) is 0 Å². The Hall–Kier alpha value is -1.57. The van der Waals surface area contributed by atoms with Crippen molar-refractivity contribution in [1.29, 1.82) is 0 Å². The molecule has 0 aliphatic carbocycles. The predicted octanol–water partition coefficient (Wildman–Crippen LogP) is 2.82. The van der Waals surface area contributed by atoms with Gasteiger partial charge in [-0.05, 0) is 24.6 Å². The zero-order valence-corrected chi connectivity index (χ0v) is 11.9. The molecular weight excluding hydrogens is 343 g/mol. The van der Waals surface area contributed by atoms with E-state index in [1.165, 1.54) is 19.1 Å². The van der Waals surface area contributed by atoms with Crippen LogP contribution < -0.4 is 5.32 Å². The topological polar surface area (TPSA) is 66.4 Å². The maximum Gasteiger partial charge on any atom is 0.471 e. The summed E-state index contributed by atoms with van der Waals surface area (Å²) in [6.45, 7) is 1.23. The van der Waals surface area contributed by atoms with Gasteiger partial charge in [-0.1, -0.05) is 28.1 Å². The van der Waals surface area contributed by atoms with Gasteiger partial charge in [0, 0.05) is 4.47 Å². The van der Waals surface area contributed by atoms with Gasteiger partial charge in [-0.25, -0.2) is 0 Å². The molecular formula is C12H11BrF3NO3. The van der Waals surface area contributed by atoms with E-state index in [0.717, 1.165) is 0 Å². The standard InChI is InChI=1S/C12H11BrF3NO3/c1-11(6-9(18)19,17-10(20)12(14,15)16)7-3-2-4-8(13)5-7/h2-5H,6H2,1H3,(H,17,20)(H,18,19). The van der Waals surface area contributed by atoms with Crippen molar-refractivity contribution in [3.63, 3.8) is 0 Å². The van der Waals surface area contributed by atoms with Gasteiger partial charge in [0.05, 0.1) is 12.0 Å². The zero-order valence-electron chi connectivity index (χ0n) is 10.3. The number of benzene rings is 1. The number of carbonyl (C=O) groups excluding carboxylic acids is 1. The summed E-state index contributed by atoms with van der Waals surface area (Å²) >= 11 is 3.14. The van der Waals surface area contributed by atoms with Gasteiger partial charge < -0.3 is 10.4 Å². The van der Waals surface area contributed by atoms with Crippen LogP contribution in [0.5, 0.6) is 0 Å². The lowest BCUT2D eigenvalue weighted by Gasteiger charge is -2.30. The second kappa shape index (κ2) is 5.82. The molecule has 0 heterocycles. The van der Waals surface area contributed by atoms with Gasteiger partial charge >= 0.3 is 18.1 Å². The first-order valence-corrected chi connectivity index (χ1v) is 6.21. The van der Waals surface area contributed by atoms with E-state index in [-0.39, 0.29) is 5.56 Å². The Kier molecular flexibility index (Phi) is 4.80. The molecule has 0 aromatic heterocycles. The van der Waals surface area contributed by atoms with Crippen LogP contribution in [0.15, 0.2) is 28.7 Å². The Balaban J connectivity index is 3.16. The molecule has 0 spiro atoms. The Morgan fingerprint density at radius 1 is 1.35 bits per heavy atom. The van der Waals surface area contributed by atoms with Crippen molar-refractivity contribution in [2.24, 2.45) is 0 Å². The van der Waals surface area contributed by atoms with Crippen LogP contribution >= 0.6 is 15.9 Å². The van der Waals surface area contributed by atoms with Gasteiger partial charge in [-0.2, -0.15) is 13.2 Å². The molecule has 0 aliphatic heterocycles. The summed E-state index contributed by atoms with van der Waals surface area (Å²) in [4.78, 5) is 21.9. The molecule has 1 amide bonds. The van der Waals surface area contributed by atoms with Gasteiger partial charge in [-0.3, -0.25) is 9.59 Å². The van der Waals surface area contributed by atoms with E-state index >= 15 is 0 Å². The van der Waals surface area contributed by atoms with Crippen molar-refractivity contribution >= 4 is 27.8 Å². The van der Waals surface area contributed by atoms with Crippen LogP contribution in [0.1, 0.15) is 18.9 Å². The van der Waals surface area contributed by atoms with Crippen LogP contribution in [0.25, 0.3) is 0 Å². The minimum Gasteiger partial charge on any atom is -0.481 e. The van der Waals surface area contributed by atoms with Gasteiger partial charge in [-0.15, -0.1) is 0 Å². The largest absolute Gasteiger partial charge is 0.481 e. The molecule has 8 heteroatoms. The summed E-state index contributed by atoms with van der Waals surface area (Å²) in [5, 5.41) is 10.6. The molecule has 4 nitrogen and oxygen atoms in total. The summed E-state index contributed by atoms with van der Waals surface area (Å²) < 4.78 is 37.6. The molecule has 20 heavy (non-hydrogen) atoms. The molecule has 1 aromatic carbocycles. The lowest BCUT2D eigenvalue weighted by atomic mass is 9.88. The van der Waals surface area contributed by atoms with Crippen LogP contribution in [0.3, 0.4) is 0 Å². The Labute approximate surface area is 121 Å². The fourth-order valence-corrected chi connectivity index (χ4v) is 2.07. The number of nitrogens with one attached hydrogen (secondary N) is 1. The summed E-state index contributed by atoms with van der Waals surface area (Å²) in [5.41, 5.74) is -1.41. The van der Waals surface area contributed by atoms with Gasteiger partial charge in [0.2, 0.25) is 0 Å². The highest BCUT2D eigenvalue weighted by molar-refractivity contribution is 9.10. The summed E-state index contributed by atoms with van der Waals surface area (Å²) in [6.07, 6.45) is -5.75. The second-order valence-corrected chi connectivity index (χ2v) is 5.28. The van der Waals surface area contributed by atoms with Crippen molar-refractivity contribution in [1.82, 2.24) is 5.32 Å². The van der Waals surface area contributed by atoms with Gasteiger partial charge in [0.1, 0.15) is 0 Å². The number of halogens is 4. The van der Waals surface area contributed by atoms with Crippen molar-refractivity contribution < 1.29 is 27.9 Å². The number of rotatable bonds is 4. The third kappa shape index (κ3) is 4.22. The number of carboxylic acids is 1. The Morgan fingerprint density at radius 3 is 2.40 bits per heavy atom. The first-order chi connectivity index (χ1) is 9.04. The number of carboxylic acid groups (broad SMARTS) is 1. The zero-order chi connectivity index (χ0) is 15.6. The normalized spacial score (nSPS) is 14.4. The molecule has 2 N–H and O–H groups in total. The van der Waals surface area contributed by atoms with E-state index in [9.17, 15) is 22.8 Å². The maximum absolute atomic E-state index is 12.3. The third-order valence-corrected chi connectivity index (χ3v) is 3.11. The summed E-state index contributed by atoms with van der Waals surface area (Å²) in [5.74, 6) is -3.50. The molecule has 1 aromatic rings. The number of amides is 1. The fourth-order valence-electron chi connectivity index (χ4n) is 1.67. The first-order valence-electron chi connectivity index (χ1n) is 5.42. The van der Waals surface area contributed by atoms with Crippen LogP contribution in [-0.4, -0.2) is 23.2 Å². The molecule has 0 aliphatic rings. The van der Waals surface area contributed by atoms with E-state index in [1.54, 1.807) is 17.4 Å². The lowest BCUT2D eigenvalue weighted by molar-refractivity contribution is -0.176. The highest BCUT2D eigenvalue weighted by atomic mass is 79.9. The molecule has 0 radical (unpaired) electrons. The summed E-state index contributed by atoms with van der Waals surface area (Å²) in [6, 6.07) is 6.08. The molecule has 0 fully saturated rings. The molecule has 1 atom stereocenters. The smallest absolute Gasteiger partial charge is 0.471 e. The van der Waals surface area contributed by atoms with Crippen molar-refractivity contribution in [2.45, 2.75) is 25.1 Å². The minimum absolute atomic E-state index is 0.256. The average molecular weight is 354 g/mol. The first kappa shape index (κ1) is 16.5. The van der Waals surface area contributed by atoms with E-state index in [2.05, 4.69) is 15.9 Å². The van der Waals surface area contributed by atoms with Crippen LogP contribution in [0, 0.1) is 0 Å². The van der Waals surface area contributed by atoms with E-state index in [4.69, 9.17) is 5.11 Å². The molecule has 110 valence electrons. The van der Waals surface area contributed by atoms with Crippen molar-refractivity contribution in [3.8, 4) is 0 Å². The number of aliphatic carboxylic acids is 1. The van der Waals surface area contributed by atoms with E-state index < -0.39 is 30.0 Å². The minimum atomic E-state index is -5.08. The number of alkyl halides is 3. The van der Waals surface area contributed by atoms with Gasteiger partial charge in [0.25, 0.3) is 0 Å². The molecule has 0 bridgehead atoms.